The molecule has 0 aliphatic rings. The van der Waals surface area contributed by atoms with Crippen molar-refractivity contribution in [3.63, 3.8) is 0 Å². The topological polar surface area (TPSA) is 94.8 Å². The van der Waals surface area contributed by atoms with Crippen LogP contribution in [0.1, 0.15) is 46.2 Å². The highest BCUT2D eigenvalue weighted by Gasteiger charge is 2.25. The molecule has 156 valence electrons. The van der Waals surface area contributed by atoms with Crippen molar-refractivity contribution in [3.8, 4) is 5.75 Å². The van der Waals surface area contributed by atoms with E-state index in [1.54, 1.807) is 0 Å². The molecule has 0 unspecified atom stereocenters. The van der Waals surface area contributed by atoms with Crippen molar-refractivity contribution in [3.05, 3.63) is 62.2 Å². The van der Waals surface area contributed by atoms with Crippen LogP contribution in [0.25, 0.3) is 0 Å². The number of rotatable bonds is 8. The lowest BCUT2D eigenvalue weighted by molar-refractivity contribution is 0.0552. The summed E-state index contributed by atoms with van der Waals surface area (Å²) in [5.74, 6) is -4.73. The third-order valence-electron chi connectivity index (χ3n) is 3.87. The van der Waals surface area contributed by atoms with Gasteiger partial charge < -0.3 is 19.2 Å². The van der Waals surface area contributed by atoms with Gasteiger partial charge in [-0.2, -0.15) is 0 Å². The predicted octanol–water partition coefficient (Wildman–Crippen LogP) is 3.47. The molecular weight excluding hydrogens is 412 g/mol. The summed E-state index contributed by atoms with van der Waals surface area (Å²) in [7, 11) is 1.10. The van der Waals surface area contributed by atoms with Gasteiger partial charge in [0.05, 0.1) is 13.7 Å². The first-order valence-corrected chi connectivity index (χ1v) is 8.97. The molecule has 0 atom stereocenters. The highest BCUT2D eigenvalue weighted by Crippen LogP contribution is 2.22. The standard InChI is InChI=1S/C19H18ClF2NO6/c1-3-4-7-28-16-15(24)11(9-29-17(16)19(26)27-2)18(25)23-8-10-5-6-12(21)13(20)14(10)22/h5-6,9H,3-4,7-8H2,1-2H3,(H,23,25). The van der Waals surface area contributed by atoms with Crippen LogP contribution >= 0.6 is 11.6 Å². The molecule has 0 radical (unpaired) electrons. The van der Waals surface area contributed by atoms with Crippen molar-refractivity contribution >= 4 is 23.5 Å². The summed E-state index contributed by atoms with van der Waals surface area (Å²) in [6, 6.07) is 2.06. The van der Waals surface area contributed by atoms with Crippen LogP contribution in [0.15, 0.2) is 27.6 Å². The van der Waals surface area contributed by atoms with Crippen LogP contribution in [0.4, 0.5) is 8.78 Å². The lowest BCUT2D eigenvalue weighted by Crippen LogP contribution is -2.30. The summed E-state index contributed by atoms with van der Waals surface area (Å²) in [5, 5.41) is 1.61. The van der Waals surface area contributed by atoms with Crippen LogP contribution in [0, 0.1) is 11.6 Å². The van der Waals surface area contributed by atoms with Crippen molar-refractivity contribution < 1.29 is 32.3 Å². The van der Waals surface area contributed by atoms with E-state index in [9.17, 15) is 23.2 Å². The van der Waals surface area contributed by atoms with Gasteiger partial charge in [-0.05, 0) is 12.5 Å². The monoisotopic (exact) mass is 429 g/mol. The first-order valence-electron chi connectivity index (χ1n) is 8.59. The van der Waals surface area contributed by atoms with Gasteiger partial charge in [-0.3, -0.25) is 9.59 Å². The number of hydrogen-bond acceptors (Lipinski definition) is 6. The molecule has 2 aromatic rings. The van der Waals surface area contributed by atoms with E-state index in [0.29, 0.717) is 6.42 Å². The van der Waals surface area contributed by atoms with Crippen LogP contribution in [0.5, 0.6) is 5.75 Å². The minimum absolute atomic E-state index is 0.0836. The van der Waals surface area contributed by atoms with Crippen LogP contribution in [-0.2, 0) is 11.3 Å². The maximum atomic E-state index is 13.9. The molecule has 2 rings (SSSR count). The van der Waals surface area contributed by atoms with Crippen molar-refractivity contribution in [2.24, 2.45) is 0 Å². The maximum absolute atomic E-state index is 13.9. The van der Waals surface area contributed by atoms with E-state index in [4.69, 9.17) is 20.8 Å². The number of methoxy groups -OCH3 is 1. The number of ether oxygens (including phenoxy) is 2. The third kappa shape index (κ3) is 5.11. The maximum Gasteiger partial charge on any atom is 0.378 e. The smallest absolute Gasteiger partial charge is 0.378 e. The van der Waals surface area contributed by atoms with E-state index in [0.717, 1.165) is 31.9 Å². The Morgan fingerprint density at radius 1 is 1.28 bits per heavy atom. The fourth-order valence-electron chi connectivity index (χ4n) is 2.26. The molecular formula is C19H18ClF2NO6. The SMILES string of the molecule is CCCCOc1c(C(=O)OC)occ(C(=O)NCc2ccc(F)c(Cl)c2F)c1=O. The van der Waals surface area contributed by atoms with Crippen molar-refractivity contribution in [1.82, 2.24) is 5.32 Å². The second-order valence-corrected chi connectivity index (χ2v) is 6.23. The van der Waals surface area contributed by atoms with E-state index in [1.807, 2.05) is 6.92 Å². The Kier molecular flexibility index (Phi) is 7.72. The number of carbonyl (C=O) groups excluding carboxylic acids is 2. The van der Waals surface area contributed by atoms with Crippen LogP contribution < -0.4 is 15.5 Å². The Labute approximate surface area is 169 Å². The van der Waals surface area contributed by atoms with E-state index in [-0.39, 0.29) is 18.7 Å². The number of carbonyl (C=O) groups is 2. The number of hydrogen-bond donors (Lipinski definition) is 1. The van der Waals surface area contributed by atoms with E-state index in [1.165, 1.54) is 0 Å². The van der Waals surface area contributed by atoms with Gasteiger partial charge in [0, 0.05) is 12.1 Å². The van der Waals surface area contributed by atoms with E-state index < -0.39 is 51.0 Å². The first kappa shape index (κ1) is 22.4. The van der Waals surface area contributed by atoms with Gasteiger partial charge in [0.15, 0.2) is 0 Å². The van der Waals surface area contributed by atoms with Crippen LogP contribution in [-0.4, -0.2) is 25.6 Å². The van der Waals surface area contributed by atoms with Gasteiger partial charge in [-0.15, -0.1) is 0 Å². The molecule has 0 aliphatic carbocycles. The Morgan fingerprint density at radius 3 is 2.66 bits per heavy atom. The summed E-state index contributed by atoms with van der Waals surface area (Å²) in [6.45, 7) is 1.66. The molecule has 1 heterocycles. The highest BCUT2D eigenvalue weighted by molar-refractivity contribution is 6.30. The average Bonchev–Trinajstić information content (AvgIpc) is 2.71. The van der Waals surface area contributed by atoms with Crippen LogP contribution in [0.3, 0.4) is 0 Å². The van der Waals surface area contributed by atoms with Crippen molar-refractivity contribution in [2.75, 3.05) is 13.7 Å². The molecule has 0 fully saturated rings. The summed E-state index contributed by atoms with van der Waals surface area (Å²) in [5.41, 5.74) is -1.43. The van der Waals surface area contributed by atoms with Crippen LogP contribution in [0.2, 0.25) is 5.02 Å². The van der Waals surface area contributed by atoms with Gasteiger partial charge in [0.25, 0.3) is 11.7 Å². The summed E-state index contributed by atoms with van der Waals surface area (Å²) in [4.78, 5) is 36.8. The molecule has 0 saturated heterocycles. The Balaban J connectivity index is 2.28. The summed E-state index contributed by atoms with van der Waals surface area (Å²) in [6.07, 6.45) is 2.15. The largest absolute Gasteiger partial charge is 0.486 e. The Morgan fingerprint density at radius 2 is 2.00 bits per heavy atom. The number of amides is 1. The minimum atomic E-state index is -1.02. The predicted molar refractivity (Wildman–Crippen MR) is 99.3 cm³/mol. The molecule has 10 heteroatoms. The molecule has 1 aromatic heterocycles. The number of esters is 1. The lowest BCUT2D eigenvalue weighted by atomic mass is 10.2. The van der Waals surface area contributed by atoms with Gasteiger partial charge in [0.1, 0.15) is 28.5 Å². The van der Waals surface area contributed by atoms with Gasteiger partial charge >= 0.3 is 5.97 Å². The molecule has 1 amide bonds. The van der Waals surface area contributed by atoms with E-state index >= 15 is 0 Å². The van der Waals surface area contributed by atoms with E-state index in [2.05, 4.69) is 10.1 Å². The fourth-order valence-corrected chi connectivity index (χ4v) is 2.45. The van der Waals surface area contributed by atoms with Gasteiger partial charge in [-0.25, -0.2) is 13.6 Å². The summed E-state index contributed by atoms with van der Waals surface area (Å²) < 4.78 is 42.1. The van der Waals surface area contributed by atoms with Gasteiger partial charge in [0.2, 0.25) is 11.2 Å². The second-order valence-electron chi connectivity index (χ2n) is 5.85. The molecule has 1 aromatic carbocycles. The zero-order valence-corrected chi connectivity index (χ0v) is 16.4. The molecule has 0 bridgehead atoms. The minimum Gasteiger partial charge on any atom is -0.486 e. The molecule has 1 N–H and O–H groups in total. The Bertz CT molecular complexity index is 976. The zero-order valence-electron chi connectivity index (χ0n) is 15.6. The normalized spacial score (nSPS) is 10.5. The number of benzene rings is 1. The number of halogens is 3. The van der Waals surface area contributed by atoms with Crippen molar-refractivity contribution in [2.45, 2.75) is 26.3 Å². The number of nitrogens with one attached hydrogen (secondary N) is 1. The fraction of sp³-hybridized carbons (Fsp3) is 0.316. The van der Waals surface area contributed by atoms with Crippen molar-refractivity contribution in [1.29, 1.82) is 0 Å². The average molecular weight is 430 g/mol. The third-order valence-corrected chi connectivity index (χ3v) is 4.21. The molecule has 7 nitrogen and oxygen atoms in total. The molecule has 29 heavy (non-hydrogen) atoms. The quantitative estimate of drug-likeness (QED) is 0.392. The lowest BCUT2D eigenvalue weighted by Gasteiger charge is -2.11. The van der Waals surface area contributed by atoms with Gasteiger partial charge in [-0.1, -0.05) is 31.0 Å². The molecule has 0 aliphatic heterocycles. The number of unbranched alkanes of at least 4 members (excludes halogenated alkanes) is 1. The first-order chi connectivity index (χ1) is 13.8. The molecule has 0 spiro atoms. The highest BCUT2D eigenvalue weighted by atomic mass is 35.5. The second kappa shape index (κ2) is 10.0. The zero-order chi connectivity index (χ0) is 21.6. The molecule has 0 saturated carbocycles. The Hall–Kier alpha value is -2.94. The summed E-state index contributed by atoms with van der Waals surface area (Å²) >= 11 is 5.49.